The zero-order valence-corrected chi connectivity index (χ0v) is 6.66. The fourth-order valence-corrected chi connectivity index (χ4v) is 1.23. The van der Waals surface area contributed by atoms with Crippen LogP contribution < -0.4 is 0 Å². The van der Waals surface area contributed by atoms with Crippen LogP contribution in [0.15, 0.2) is 30.6 Å². The van der Waals surface area contributed by atoms with Crippen LogP contribution >= 0.6 is 0 Å². The summed E-state index contributed by atoms with van der Waals surface area (Å²) in [5, 5.41) is 10.1. The quantitative estimate of drug-likeness (QED) is 0.611. The molecule has 0 saturated heterocycles. The number of aromatic nitrogens is 1. The molecular formula is C10H5FN2. The van der Waals surface area contributed by atoms with Gasteiger partial charge in [-0.25, -0.2) is 4.39 Å². The van der Waals surface area contributed by atoms with Gasteiger partial charge in [0.25, 0.3) is 0 Å². The number of halogens is 1. The lowest BCUT2D eigenvalue weighted by molar-refractivity contribution is 0.629. The van der Waals surface area contributed by atoms with Crippen LogP contribution in [0.5, 0.6) is 0 Å². The molecule has 13 heavy (non-hydrogen) atoms. The van der Waals surface area contributed by atoms with Crippen LogP contribution in [0.1, 0.15) is 5.56 Å². The number of pyridine rings is 1. The Labute approximate surface area is 74.3 Å². The molecule has 0 aliphatic heterocycles. The van der Waals surface area contributed by atoms with Crippen molar-refractivity contribution < 1.29 is 4.39 Å². The monoisotopic (exact) mass is 172 g/mol. The molecule has 1 aromatic heterocycles. The van der Waals surface area contributed by atoms with E-state index in [0.29, 0.717) is 10.9 Å². The minimum Gasteiger partial charge on any atom is -0.263 e. The van der Waals surface area contributed by atoms with Crippen molar-refractivity contribution in [2.45, 2.75) is 0 Å². The van der Waals surface area contributed by atoms with Crippen molar-refractivity contribution in [2.75, 3.05) is 0 Å². The molecule has 0 N–H and O–H groups in total. The van der Waals surface area contributed by atoms with E-state index in [-0.39, 0.29) is 5.82 Å². The van der Waals surface area contributed by atoms with Gasteiger partial charge in [0, 0.05) is 23.2 Å². The van der Waals surface area contributed by atoms with Gasteiger partial charge < -0.3 is 0 Å². The number of rotatable bonds is 0. The summed E-state index contributed by atoms with van der Waals surface area (Å²) < 4.78 is 12.8. The molecule has 62 valence electrons. The maximum atomic E-state index is 12.8. The van der Waals surface area contributed by atoms with Crippen molar-refractivity contribution in [1.29, 1.82) is 5.26 Å². The van der Waals surface area contributed by atoms with Gasteiger partial charge in [0.1, 0.15) is 11.9 Å². The average molecular weight is 172 g/mol. The molecule has 0 aliphatic rings. The van der Waals surface area contributed by atoms with Gasteiger partial charge in [0.05, 0.1) is 5.56 Å². The molecule has 1 aromatic carbocycles. The Morgan fingerprint density at radius 3 is 2.92 bits per heavy atom. The van der Waals surface area contributed by atoms with E-state index in [1.54, 1.807) is 12.3 Å². The SMILES string of the molecule is N#Cc1cncc2ccc(F)cc12. The molecule has 2 aromatic rings. The second kappa shape index (κ2) is 2.83. The summed E-state index contributed by atoms with van der Waals surface area (Å²) >= 11 is 0. The van der Waals surface area contributed by atoms with Crippen molar-refractivity contribution >= 4 is 10.8 Å². The van der Waals surface area contributed by atoms with Gasteiger partial charge in [-0.2, -0.15) is 5.26 Å². The highest BCUT2D eigenvalue weighted by Crippen LogP contribution is 2.17. The van der Waals surface area contributed by atoms with Crippen LogP contribution in [0.2, 0.25) is 0 Å². The number of nitrogens with zero attached hydrogens (tertiary/aromatic N) is 2. The van der Waals surface area contributed by atoms with Crippen LogP contribution in [-0.2, 0) is 0 Å². The Kier molecular flexibility index (Phi) is 1.67. The molecule has 0 radical (unpaired) electrons. The van der Waals surface area contributed by atoms with E-state index in [4.69, 9.17) is 5.26 Å². The van der Waals surface area contributed by atoms with Crippen molar-refractivity contribution in [3.05, 3.63) is 42.0 Å². The molecule has 1 heterocycles. The molecular weight excluding hydrogens is 167 g/mol. The third kappa shape index (κ3) is 1.23. The largest absolute Gasteiger partial charge is 0.263 e. The topological polar surface area (TPSA) is 36.7 Å². The molecule has 0 aliphatic carbocycles. The maximum Gasteiger partial charge on any atom is 0.123 e. The minimum absolute atomic E-state index is 0.338. The highest BCUT2D eigenvalue weighted by atomic mass is 19.1. The van der Waals surface area contributed by atoms with E-state index in [9.17, 15) is 4.39 Å². The number of nitriles is 1. The molecule has 0 bridgehead atoms. The molecule has 0 unspecified atom stereocenters. The van der Waals surface area contributed by atoms with Gasteiger partial charge in [-0.05, 0) is 18.2 Å². The molecule has 2 rings (SSSR count). The van der Waals surface area contributed by atoms with E-state index < -0.39 is 0 Å². The predicted octanol–water partition coefficient (Wildman–Crippen LogP) is 2.25. The van der Waals surface area contributed by atoms with Crippen LogP contribution in [0.3, 0.4) is 0 Å². The van der Waals surface area contributed by atoms with Crippen molar-refractivity contribution in [3.8, 4) is 6.07 Å². The molecule has 0 atom stereocenters. The summed E-state index contributed by atoms with van der Waals surface area (Å²) in [6, 6.07) is 6.27. The van der Waals surface area contributed by atoms with E-state index in [2.05, 4.69) is 4.98 Å². The third-order valence-electron chi connectivity index (χ3n) is 1.84. The van der Waals surface area contributed by atoms with Crippen molar-refractivity contribution in [2.24, 2.45) is 0 Å². The fourth-order valence-electron chi connectivity index (χ4n) is 1.23. The van der Waals surface area contributed by atoms with Crippen LogP contribution in [0.4, 0.5) is 4.39 Å². The van der Waals surface area contributed by atoms with E-state index in [1.807, 2.05) is 6.07 Å². The Hall–Kier alpha value is -1.95. The first-order valence-corrected chi connectivity index (χ1v) is 3.74. The standard InChI is InChI=1S/C10H5FN2/c11-9-2-1-7-5-13-6-8(4-12)10(7)3-9/h1-3,5-6H. The third-order valence-corrected chi connectivity index (χ3v) is 1.84. The van der Waals surface area contributed by atoms with E-state index >= 15 is 0 Å². The molecule has 0 fully saturated rings. The number of hydrogen-bond acceptors (Lipinski definition) is 2. The predicted molar refractivity (Wildman–Crippen MR) is 46.4 cm³/mol. The maximum absolute atomic E-state index is 12.8. The lowest BCUT2D eigenvalue weighted by Gasteiger charge is -1.97. The summed E-state index contributed by atoms with van der Waals surface area (Å²) in [5.74, 6) is -0.338. The Morgan fingerprint density at radius 2 is 2.15 bits per heavy atom. The summed E-state index contributed by atoms with van der Waals surface area (Å²) in [7, 11) is 0. The first kappa shape index (κ1) is 7.69. The van der Waals surface area contributed by atoms with E-state index in [0.717, 1.165) is 5.39 Å². The molecule has 2 nitrogen and oxygen atoms in total. The summed E-state index contributed by atoms with van der Waals surface area (Å²) in [4.78, 5) is 3.87. The number of benzene rings is 1. The number of fused-ring (bicyclic) bond motifs is 1. The lowest BCUT2D eigenvalue weighted by Crippen LogP contribution is -1.83. The van der Waals surface area contributed by atoms with Gasteiger partial charge >= 0.3 is 0 Å². The normalized spacial score (nSPS) is 9.85. The lowest BCUT2D eigenvalue weighted by atomic mass is 10.1. The summed E-state index contributed by atoms with van der Waals surface area (Å²) in [6.07, 6.45) is 3.04. The first-order chi connectivity index (χ1) is 6.31. The smallest absolute Gasteiger partial charge is 0.123 e. The second-order valence-electron chi connectivity index (χ2n) is 2.66. The molecule has 0 saturated carbocycles. The van der Waals surface area contributed by atoms with Gasteiger partial charge in [-0.15, -0.1) is 0 Å². The fraction of sp³-hybridized carbons (Fsp3) is 0. The minimum atomic E-state index is -0.338. The van der Waals surface area contributed by atoms with Gasteiger partial charge in [0.15, 0.2) is 0 Å². The van der Waals surface area contributed by atoms with Gasteiger partial charge in [-0.3, -0.25) is 4.98 Å². The Bertz CT molecular complexity index is 500. The zero-order valence-electron chi connectivity index (χ0n) is 6.66. The van der Waals surface area contributed by atoms with Gasteiger partial charge in [-0.1, -0.05) is 0 Å². The van der Waals surface area contributed by atoms with Crippen LogP contribution in [0.25, 0.3) is 10.8 Å². The van der Waals surface area contributed by atoms with Crippen molar-refractivity contribution in [1.82, 2.24) is 4.98 Å². The van der Waals surface area contributed by atoms with Gasteiger partial charge in [0.2, 0.25) is 0 Å². The first-order valence-electron chi connectivity index (χ1n) is 3.74. The molecule has 0 amide bonds. The molecule has 0 spiro atoms. The van der Waals surface area contributed by atoms with Crippen molar-refractivity contribution in [3.63, 3.8) is 0 Å². The highest BCUT2D eigenvalue weighted by molar-refractivity contribution is 5.86. The zero-order chi connectivity index (χ0) is 9.26. The Morgan fingerprint density at radius 1 is 1.31 bits per heavy atom. The van der Waals surface area contributed by atoms with E-state index in [1.165, 1.54) is 18.3 Å². The Balaban J connectivity index is 2.89. The second-order valence-corrected chi connectivity index (χ2v) is 2.66. The summed E-state index contributed by atoms with van der Waals surface area (Å²) in [5.41, 5.74) is 0.400. The average Bonchev–Trinajstić information content (AvgIpc) is 2.17. The number of hydrogen-bond donors (Lipinski definition) is 0. The van der Waals surface area contributed by atoms with Crippen LogP contribution in [0, 0.1) is 17.1 Å². The molecule has 3 heteroatoms. The highest BCUT2D eigenvalue weighted by Gasteiger charge is 2.01. The van der Waals surface area contributed by atoms with Crippen LogP contribution in [-0.4, -0.2) is 4.98 Å². The summed E-state index contributed by atoms with van der Waals surface area (Å²) in [6.45, 7) is 0.